The first kappa shape index (κ1) is 17.4. The number of amides is 1. The standard InChI is InChI=1S/C21H20FN3O2/c22-15-6-5-7-16(13-15)23-20(26)14-9-10-17-18(12-14)24-19-8-3-1-2-4-11-25(19)21(17)27/h5-7,9-10,12-13H,1-4,8,11H2,(H,23,26). The lowest BCUT2D eigenvalue weighted by Crippen LogP contribution is -2.26. The molecule has 0 radical (unpaired) electrons. The molecule has 1 aliphatic heterocycles. The van der Waals surface area contributed by atoms with Crippen LogP contribution in [0.1, 0.15) is 41.9 Å². The van der Waals surface area contributed by atoms with Crippen LogP contribution in [0.2, 0.25) is 0 Å². The highest BCUT2D eigenvalue weighted by atomic mass is 19.1. The number of nitrogens with zero attached hydrogens (tertiary/aromatic N) is 2. The zero-order valence-corrected chi connectivity index (χ0v) is 14.9. The molecule has 0 aliphatic carbocycles. The number of anilines is 1. The van der Waals surface area contributed by atoms with Gasteiger partial charge in [-0.25, -0.2) is 9.37 Å². The molecule has 1 N–H and O–H groups in total. The molecule has 27 heavy (non-hydrogen) atoms. The van der Waals surface area contributed by atoms with E-state index >= 15 is 0 Å². The number of carbonyl (C=O) groups is 1. The molecule has 0 saturated carbocycles. The molecule has 1 aromatic heterocycles. The third-order valence-corrected chi connectivity index (χ3v) is 4.91. The van der Waals surface area contributed by atoms with Crippen LogP contribution in [0.3, 0.4) is 0 Å². The summed E-state index contributed by atoms with van der Waals surface area (Å²) in [4.78, 5) is 30.0. The third kappa shape index (κ3) is 3.60. The average Bonchev–Trinajstić information content (AvgIpc) is 2.63. The first-order chi connectivity index (χ1) is 13.1. The number of rotatable bonds is 2. The molecule has 0 saturated heterocycles. The van der Waals surface area contributed by atoms with Gasteiger partial charge < -0.3 is 5.32 Å². The lowest BCUT2D eigenvalue weighted by molar-refractivity contribution is 0.102. The van der Waals surface area contributed by atoms with Crippen LogP contribution in [-0.4, -0.2) is 15.5 Å². The van der Waals surface area contributed by atoms with E-state index in [9.17, 15) is 14.0 Å². The van der Waals surface area contributed by atoms with Crippen molar-refractivity contribution in [3.05, 3.63) is 70.0 Å². The van der Waals surface area contributed by atoms with E-state index in [1.807, 2.05) is 0 Å². The highest BCUT2D eigenvalue weighted by Crippen LogP contribution is 2.17. The van der Waals surface area contributed by atoms with Crippen LogP contribution in [0.5, 0.6) is 0 Å². The van der Waals surface area contributed by atoms with Crippen molar-refractivity contribution in [1.82, 2.24) is 9.55 Å². The van der Waals surface area contributed by atoms with Gasteiger partial charge in [0.15, 0.2) is 0 Å². The van der Waals surface area contributed by atoms with E-state index in [1.165, 1.54) is 18.2 Å². The predicted molar refractivity (Wildman–Crippen MR) is 103 cm³/mol. The lowest BCUT2D eigenvalue weighted by Gasteiger charge is -2.16. The van der Waals surface area contributed by atoms with E-state index < -0.39 is 5.82 Å². The number of carbonyl (C=O) groups excluding carboxylic acids is 1. The Labute approximate surface area is 155 Å². The second-order valence-electron chi connectivity index (χ2n) is 6.85. The van der Waals surface area contributed by atoms with E-state index in [4.69, 9.17) is 0 Å². The van der Waals surface area contributed by atoms with Crippen molar-refractivity contribution in [2.75, 3.05) is 5.32 Å². The van der Waals surface area contributed by atoms with Crippen LogP contribution < -0.4 is 10.9 Å². The number of hydrogen-bond donors (Lipinski definition) is 1. The highest BCUT2D eigenvalue weighted by molar-refractivity contribution is 6.06. The number of aryl methyl sites for hydroxylation is 1. The van der Waals surface area contributed by atoms with Crippen LogP contribution in [0.4, 0.5) is 10.1 Å². The van der Waals surface area contributed by atoms with Crippen LogP contribution in [0, 0.1) is 5.82 Å². The summed E-state index contributed by atoms with van der Waals surface area (Å²) >= 11 is 0. The van der Waals surface area contributed by atoms with Gasteiger partial charge in [0.25, 0.3) is 11.5 Å². The molecule has 6 heteroatoms. The van der Waals surface area contributed by atoms with Gasteiger partial charge in [0.2, 0.25) is 0 Å². The van der Waals surface area contributed by atoms with Crippen molar-refractivity contribution in [3.63, 3.8) is 0 Å². The first-order valence-electron chi connectivity index (χ1n) is 9.22. The minimum absolute atomic E-state index is 0.0472. The molecule has 5 nitrogen and oxygen atoms in total. The second-order valence-corrected chi connectivity index (χ2v) is 6.85. The van der Waals surface area contributed by atoms with Crippen LogP contribution in [-0.2, 0) is 13.0 Å². The molecule has 0 bridgehead atoms. The zero-order valence-electron chi connectivity index (χ0n) is 14.9. The van der Waals surface area contributed by atoms with E-state index in [2.05, 4.69) is 10.3 Å². The number of aromatic nitrogens is 2. The molecule has 138 valence electrons. The summed E-state index contributed by atoms with van der Waals surface area (Å²) in [5, 5.41) is 3.18. The molecule has 0 unspecified atom stereocenters. The fourth-order valence-electron chi connectivity index (χ4n) is 3.51. The normalized spacial score (nSPS) is 14.3. The van der Waals surface area contributed by atoms with E-state index in [1.54, 1.807) is 28.8 Å². The van der Waals surface area contributed by atoms with Gasteiger partial charge >= 0.3 is 0 Å². The Kier molecular flexibility index (Phi) is 4.71. The molecule has 3 aromatic rings. The maximum Gasteiger partial charge on any atom is 0.261 e. The maximum absolute atomic E-state index is 13.3. The van der Waals surface area contributed by atoms with Gasteiger partial charge in [0, 0.05) is 24.2 Å². The monoisotopic (exact) mass is 365 g/mol. The van der Waals surface area contributed by atoms with Gasteiger partial charge in [0.05, 0.1) is 10.9 Å². The largest absolute Gasteiger partial charge is 0.322 e. The molecular formula is C21H20FN3O2. The summed E-state index contributed by atoms with van der Waals surface area (Å²) in [6.07, 6.45) is 5.03. The van der Waals surface area contributed by atoms with Crippen LogP contribution in [0.25, 0.3) is 10.9 Å². The summed E-state index contributed by atoms with van der Waals surface area (Å²) in [6.45, 7) is 0.693. The topological polar surface area (TPSA) is 64.0 Å². The summed E-state index contributed by atoms with van der Waals surface area (Å²) in [5.41, 5.74) is 1.24. The van der Waals surface area contributed by atoms with Gasteiger partial charge in [-0.15, -0.1) is 0 Å². The maximum atomic E-state index is 13.3. The highest BCUT2D eigenvalue weighted by Gasteiger charge is 2.15. The minimum atomic E-state index is -0.417. The molecule has 2 heterocycles. The van der Waals surface area contributed by atoms with E-state index in [0.717, 1.165) is 37.9 Å². The summed E-state index contributed by atoms with van der Waals surface area (Å²) in [7, 11) is 0. The molecule has 0 fully saturated rings. The van der Waals surface area contributed by atoms with Crippen molar-refractivity contribution >= 4 is 22.5 Å². The predicted octanol–water partition coefficient (Wildman–Crippen LogP) is 3.90. The van der Waals surface area contributed by atoms with Gasteiger partial charge in [-0.05, 0) is 49.2 Å². The Morgan fingerprint density at radius 1 is 1.07 bits per heavy atom. The number of fused-ring (bicyclic) bond motifs is 2. The van der Waals surface area contributed by atoms with Gasteiger partial charge in [-0.1, -0.05) is 18.9 Å². The summed E-state index contributed by atoms with van der Waals surface area (Å²) in [6, 6.07) is 10.6. The third-order valence-electron chi connectivity index (χ3n) is 4.91. The Bertz CT molecular complexity index is 1070. The number of hydrogen-bond acceptors (Lipinski definition) is 3. The Balaban J connectivity index is 1.70. The SMILES string of the molecule is O=C(Nc1cccc(F)c1)c1ccc2c(=O)n3c(nc2c1)CCCCCC3. The van der Waals surface area contributed by atoms with Crippen LogP contribution in [0.15, 0.2) is 47.3 Å². The number of halogens is 1. The molecular weight excluding hydrogens is 345 g/mol. The molecule has 4 rings (SSSR count). The smallest absolute Gasteiger partial charge is 0.261 e. The Morgan fingerprint density at radius 3 is 2.78 bits per heavy atom. The Hall–Kier alpha value is -3.02. The minimum Gasteiger partial charge on any atom is -0.322 e. The van der Waals surface area contributed by atoms with Crippen molar-refractivity contribution in [3.8, 4) is 0 Å². The summed E-state index contributed by atoms with van der Waals surface area (Å²) in [5.74, 6) is 0.00523. The fraction of sp³-hybridized carbons (Fsp3) is 0.286. The second kappa shape index (κ2) is 7.31. The lowest BCUT2D eigenvalue weighted by atomic mass is 10.1. The van der Waals surface area contributed by atoms with Crippen molar-refractivity contribution in [1.29, 1.82) is 0 Å². The molecule has 0 spiro atoms. The Morgan fingerprint density at radius 2 is 1.93 bits per heavy atom. The van der Waals surface area contributed by atoms with E-state index in [0.29, 0.717) is 28.7 Å². The van der Waals surface area contributed by atoms with Crippen LogP contribution >= 0.6 is 0 Å². The molecule has 1 aliphatic rings. The average molecular weight is 365 g/mol. The van der Waals surface area contributed by atoms with Crippen molar-refractivity contribution in [2.45, 2.75) is 38.6 Å². The zero-order chi connectivity index (χ0) is 18.8. The van der Waals surface area contributed by atoms with Crippen molar-refractivity contribution in [2.24, 2.45) is 0 Å². The molecule has 1 amide bonds. The van der Waals surface area contributed by atoms with Gasteiger partial charge in [0.1, 0.15) is 11.6 Å². The molecule has 2 aromatic carbocycles. The first-order valence-corrected chi connectivity index (χ1v) is 9.22. The number of nitrogens with one attached hydrogen (secondary N) is 1. The van der Waals surface area contributed by atoms with E-state index in [-0.39, 0.29) is 11.5 Å². The van der Waals surface area contributed by atoms with Gasteiger partial charge in [-0.3, -0.25) is 14.2 Å². The van der Waals surface area contributed by atoms with Crippen molar-refractivity contribution < 1.29 is 9.18 Å². The van der Waals surface area contributed by atoms with Gasteiger partial charge in [-0.2, -0.15) is 0 Å². The number of benzene rings is 2. The quantitative estimate of drug-likeness (QED) is 0.749. The fourth-order valence-corrected chi connectivity index (χ4v) is 3.51. The summed E-state index contributed by atoms with van der Waals surface area (Å²) < 4.78 is 15.1. The molecule has 0 atom stereocenters.